The van der Waals surface area contributed by atoms with Crippen molar-refractivity contribution in [1.82, 2.24) is 15.5 Å². The third-order valence-electron chi connectivity index (χ3n) is 5.23. The lowest BCUT2D eigenvalue weighted by molar-refractivity contribution is 0.0502. The molecule has 1 aliphatic heterocycles. The maximum absolute atomic E-state index is 12.0. The van der Waals surface area contributed by atoms with Gasteiger partial charge in [0.15, 0.2) is 5.96 Å². The predicted molar refractivity (Wildman–Crippen MR) is 102 cm³/mol. The number of rotatable bonds is 5. The van der Waals surface area contributed by atoms with E-state index in [0.717, 1.165) is 31.9 Å². The molecule has 2 aliphatic rings. The van der Waals surface area contributed by atoms with Gasteiger partial charge in [-0.05, 0) is 51.9 Å². The number of hydrogen-bond donors (Lipinski definition) is 2. The molecule has 6 nitrogen and oxygen atoms in total. The van der Waals surface area contributed by atoms with Crippen LogP contribution < -0.4 is 10.6 Å². The van der Waals surface area contributed by atoms with Crippen LogP contribution in [-0.2, 0) is 4.74 Å². The third kappa shape index (κ3) is 5.79. The molecular formula is C19H36N4O2. The van der Waals surface area contributed by atoms with E-state index < -0.39 is 5.60 Å². The van der Waals surface area contributed by atoms with E-state index in [2.05, 4.69) is 27.4 Å². The molecule has 1 saturated carbocycles. The number of carbonyl (C=O) groups is 1. The summed E-state index contributed by atoms with van der Waals surface area (Å²) in [5.74, 6) is 0.955. The summed E-state index contributed by atoms with van der Waals surface area (Å²) in [4.78, 5) is 18.9. The van der Waals surface area contributed by atoms with Crippen molar-refractivity contribution < 1.29 is 9.53 Å². The van der Waals surface area contributed by atoms with Crippen LogP contribution in [0.5, 0.6) is 0 Å². The number of alkyl carbamates (subject to hydrolysis) is 1. The molecule has 0 aromatic rings. The number of nitrogens with one attached hydrogen (secondary N) is 2. The lowest BCUT2D eigenvalue weighted by Crippen LogP contribution is -2.49. The van der Waals surface area contributed by atoms with Crippen molar-refractivity contribution in [1.29, 1.82) is 0 Å². The molecule has 144 valence electrons. The molecule has 2 rings (SSSR count). The summed E-state index contributed by atoms with van der Waals surface area (Å²) in [6.45, 7) is 10.6. The zero-order valence-corrected chi connectivity index (χ0v) is 16.7. The minimum atomic E-state index is -0.475. The molecule has 6 heteroatoms. The summed E-state index contributed by atoms with van der Waals surface area (Å²) in [5.41, 5.74) is 0.0756. The van der Waals surface area contributed by atoms with Crippen molar-refractivity contribution in [3.8, 4) is 0 Å². The first-order valence-corrected chi connectivity index (χ1v) is 9.72. The van der Waals surface area contributed by atoms with Crippen LogP contribution in [0.3, 0.4) is 0 Å². The van der Waals surface area contributed by atoms with Crippen molar-refractivity contribution in [2.45, 2.75) is 77.9 Å². The fourth-order valence-electron chi connectivity index (χ4n) is 3.80. The second kappa shape index (κ2) is 8.28. The number of ether oxygens (including phenoxy) is 1. The van der Waals surface area contributed by atoms with Crippen molar-refractivity contribution in [2.24, 2.45) is 10.4 Å². The van der Waals surface area contributed by atoms with Crippen molar-refractivity contribution in [3.63, 3.8) is 0 Å². The molecule has 1 amide bonds. The van der Waals surface area contributed by atoms with Gasteiger partial charge in [0.05, 0.1) is 0 Å². The third-order valence-corrected chi connectivity index (χ3v) is 5.23. The van der Waals surface area contributed by atoms with E-state index >= 15 is 0 Å². The van der Waals surface area contributed by atoms with Gasteiger partial charge in [0, 0.05) is 32.7 Å². The van der Waals surface area contributed by atoms with E-state index in [1.807, 2.05) is 27.8 Å². The van der Waals surface area contributed by atoms with Crippen LogP contribution in [0.1, 0.15) is 66.2 Å². The van der Waals surface area contributed by atoms with E-state index in [1.54, 1.807) is 0 Å². The Hall–Kier alpha value is -1.46. The number of carbonyl (C=O) groups excluding carboxylic acids is 1. The normalized spacial score (nSPS) is 21.0. The first-order chi connectivity index (χ1) is 11.8. The Morgan fingerprint density at radius 3 is 2.52 bits per heavy atom. The molecule has 0 bridgehead atoms. The maximum atomic E-state index is 12.0. The summed E-state index contributed by atoms with van der Waals surface area (Å²) in [7, 11) is 1.84. The SMILES string of the molecule is CCCC(CNC(=NC)N1CCC2(CCC2)C1)NC(=O)OC(C)(C)C. The zero-order valence-electron chi connectivity index (χ0n) is 16.7. The largest absolute Gasteiger partial charge is 0.444 e. The molecule has 1 atom stereocenters. The van der Waals surface area contributed by atoms with Gasteiger partial charge in [-0.15, -0.1) is 0 Å². The summed E-state index contributed by atoms with van der Waals surface area (Å²) in [6, 6.07) is 0.0388. The molecule has 25 heavy (non-hydrogen) atoms. The smallest absolute Gasteiger partial charge is 0.407 e. The fourth-order valence-corrected chi connectivity index (χ4v) is 3.80. The predicted octanol–water partition coefficient (Wildman–Crippen LogP) is 3.13. The van der Waals surface area contributed by atoms with Gasteiger partial charge in [-0.3, -0.25) is 4.99 Å². The van der Waals surface area contributed by atoms with Crippen LogP contribution in [0.2, 0.25) is 0 Å². The van der Waals surface area contributed by atoms with Gasteiger partial charge in [0.1, 0.15) is 5.60 Å². The van der Waals surface area contributed by atoms with Crippen LogP contribution in [0.15, 0.2) is 4.99 Å². The number of amides is 1. The Balaban J connectivity index is 1.83. The Morgan fingerprint density at radius 2 is 2.04 bits per heavy atom. The molecule has 1 unspecified atom stereocenters. The number of nitrogens with zero attached hydrogens (tertiary/aromatic N) is 2. The molecule has 1 aliphatic carbocycles. The molecular weight excluding hydrogens is 316 g/mol. The van der Waals surface area contributed by atoms with Gasteiger partial charge in [0.2, 0.25) is 0 Å². The minimum absolute atomic E-state index is 0.0388. The van der Waals surface area contributed by atoms with E-state index in [0.29, 0.717) is 12.0 Å². The highest BCUT2D eigenvalue weighted by Gasteiger charge is 2.43. The van der Waals surface area contributed by atoms with Gasteiger partial charge in [-0.1, -0.05) is 19.8 Å². The van der Waals surface area contributed by atoms with Crippen molar-refractivity contribution >= 4 is 12.1 Å². The number of guanidine groups is 1. The molecule has 1 spiro atoms. The van der Waals surface area contributed by atoms with Gasteiger partial charge >= 0.3 is 6.09 Å². The van der Waals surface area contributed by atoms with E-state index in [1.165, 1.54) is 25.7 Å². The second-order valence-corrected chi connectivity index (χ2v) is 8.59. The average molecular weight is 353 g/mol. The lowest BCUT2D eigenvalue weighted by Gasteiger charge is -2.38. The van der Waals surface area contributed by atoms with E-state index in [-0.39, 0.29) is 12.1 Å². The Kier molecular flexibility index (Phi) is 6.58. The van der Waals surface area contributed by atoms with Gasteiger partial charge in [0.25, 0.3) is 0 Å². The highest BCUT2D eigenvalue weighted by atomic mass is 16.6. The van der Waals surface area contributed by atoms with E-state index in [9.17, 15) is 4.79 Å². The Bertz CT molecular complexity index is 480. The topological polar surface area (TPSA) is 66.0 Å². The highest BCUT2D eigenvalue weighted by Crippen LogP contribution is 2.47. The monoisotopic (exact) mass is 352 g/mol. The second-order valence-electron chi connectivity index (χ2n) is 8.59. The van der Waals surface area contributed by atoms with Gasteiger partial charge < -0.3 is 20.3 Å². The molecule has 0 aromatic carbocycles. The quantitative estimate of drug-likeness (QED) is 0.589. The Morgan fingerprint density at radius 1 is 1.32 bits per heavy atom. The number of aliphatic imine (C=N–C) groups is 1. The van der Waals surface area contributed by atoms with Gasteiger partial charge in [-0.25, -0.2) is 4.79 Å². The van der Waals surface area contributed by atoms with Crippen molar-refractivity contribution in [3.05, 3.63) is 0 Å². The summed E-state index contributed by atoms with van der Waals surface area (Å²) >= 11 is 0. The molecule has 1 heterocycles. The molecule has 2 fully saturated rings. The van der Waals surface area contributed by atoms with Crippen LogP contribution in [-0.4, -0.2) is 55.3 Å². The van der Waals surface area contributed by atoms with Crippen LogP contribution >= 0.6 is 0 Å². The maximum Gasteiger partial charge on any atom is 0.407 e. The molecule has 2 N–H and O–H groups in total. The summed E-state index contributed by atoms with van der Waals surface area (Å²) < 4.78 is 5.38. The van der Waals surface area contributed by atoms with Crippen LogP contribution in [0.25, 0.3) is 0 Å². The first-order valence-electron chi connectivity index (χ1n) is 9.72. The highest BCUT2D eigenvalue weighted by molar-refractivity contribution is 5.80. The molecule has 1 saturated heterocycles. The standard InChI is InChI=1S/C19H36N4O2/c1-6-8-15(22-17(24)25-18(2,3)4)13-21-16(20-5)23-12-11-19(14-23)9-7-10-19/h15H,6-14H2,1-5H3,(H,20,21)(H,22,24). The molecule has 0 radical (unpaired) electrons. The van der Waals surface area contributed by atoms with Crippen LogP contribution in [0, 0.1) is 5.41 Å². The lowest BCUT2D eigenvalue weighted by atomic mass is 9.68. The number of hydrogen-bond acceptors (Lipinski definition) is 3. The zero-order chi connectivity index (χ0) is 18.5. The van der Waals surface area contributed by atoms with Crippen LogP contribution in [0.4, 0.5) is 4.79 Å². The fraction of sp³-hybridized carbons (Fsp3) is 0.895. The minimum Gasteiger partial charge on any atom is -0.444 e. The number of likely N-dealkylation sites (tertiary alicyclic amines) is 1. The summed E-state index contributed by atoms with van der Waals surface area (Å²) in [5, 5.41) is 6.44. The molecule has 0 aromatic heterocycles. The first kappa shape index (κ1) is 19.9. The Labute approximate surface area is 152 Å². The van der Waals surface area contributed by atoms with E-state index in [4.69, 9.17) is 4.74 Å². The van der Waals surface area contributed by atoms with Crippen molar-refractivity contribution in [2.75, 3.05) is 26.7 Å². The summed E-state index contributed by atoms with van der Waals surface area (Å²) in [6.07, 6.45) is 6.94. The van der Waals surface area contributed by atoms with Gasteiger partial charge in [-0.2, -0.15) is 0 Å². The average Bonchev–Trinajstić information content (AvgIpc) is 2.91.